The molecule has 0 unspecified atom stereocenters. The molecule has 5 heteroatoms. The van der Waals surface area contributed by atoms with Gasteiger partial charge in [-0.15, -0.1) is 0 Å². The fraction of sp³-hybridized carbons (Fsp3) is 0.200. The molecule has 25 heavy (non-hydrogen) atoms. The second-order valence-corrected chi connectivity index (χ2v) is 6.41. The molecule has 124 valence electrons. The third-order valence-electron chi connectivity index (χ3n) is 4.67. The van der Waals surface area contributed by atoms with E-state index in [0.717, 1.165) is 22.5 Å². The van der Waals surface area contributed by atoms with Crippen LogP contribution >= 0.6 is 0 Å². The second kappa shape index (κ2) is 6.09. The molecule has 2 aromatic heterocycles. The van der Waals surface area contributed by atoms with Gasteiger partial charge in [-0.2, -0.15) is 4.99 Å². The van der Waals surface area contributed by atoms with Crippen LogP contribution in [0.2, 0.25) is 0 Å². The molecule has 0 fully saturated rings. The normalized spacial score (nSPS) is 18.0. The maximum Gasteiger partial charge on any atom is 0.274 e. The third kappa shape index (κ3) is 2.67. The summed E-state index contributed by atoms with van der Waals surface area (Å²) in [6.07, 6.45) is 14.1. The van der Waals surface area contributed by atoms with Crippen LogP contribution in [0.1, 0.15) is 18.1 Å². The number of pyridine rings is 2. The van der Waals surface area contributed by atoms with E-state index >= 15 is 0 Å². The maximum atomic E-state index is 13.1. The lowest BCUT2D eigenvalue weighted by Crippen LogP contribution is -2.53. The molecule has 2 aromatic rings. The summed E-state index contributed by atoms with van der Waals surface area (Å²) in [5.74, 6) is 0.620. The molecule has 2 aliphatic heterocycles. The van der Waals surface area contributed by atoms with Crippen LogP contribution in [0.4, 0.5) is 0 Å². The van der Waals surface area contributed by atoms with Gasteiger partial charge >= 0.3 is 0 Å². The highest BCUT2D eigenvalue weighted by Gasteiger charge is 2.50. The van der Waals surface area contributed by atoms with Crippen LogP contribution in [0.15, 0.2) is 78.0 Å². The average Bonchev–Trinajstić information content (AvgIpc) is 2.90. The minimum atomic E-state index is -0.784. The first-order chi connectivity index (χ1) is 12.2. The molecule has 0 saturated carbocycles. The summed E-state index contributed by atoms with van der Waals surface area (Å²) in [6, 6.07) is 7.79. The van der Waals surface area contributed by atoms with E-state index < -0.39 is 5.54 Å². The molecule has 0 atom stereocenters. The number of aliphatic imine (C=N–C) groups is 1. The summed E-state index contributed by atoms with van der Waals surface area (Å²) < 4.78 is 0. The summed E-state index contributed by atoms with van der Waals surface area (Å²) >= 11 is 0. The van der Waals surface area contributed by atoms with E-state index in [2.05, 4.69) is 15.0 Å². The van der Waals surface area contributed by atoms with Crippen LogP contribution in [-0.4, -0.2) is 32.1 Å². The molecule has 0 aliphatic carbocycles. The smallest absolute Gasteiger partial charge is 0.274 e. The Morgan fingerprint density at radius 2 is 1.68 bits per heavy atom. The fourth-order valence-corrected chi connectivity index (χ4v) is 3.46. The molecule has 4 rings (SSSR count). The number of amidine groups is 1. The van der Waals surface area contributed by atoms with Crippen LogP contribution in [0.3, 0.4) is 0 Å². The summed E-state index contributed by atoms with van der Waals surface area (Å²) in [5, 5.41) is 0. The number of amides is 1. The van der Waals surface area contributed by atoms with Crippen LogP contribution in [-0.2, 0) is 17.6 Å². The van der Waals surface area contributed by atoms with E-state index in [9.17, 15) is 4.79 Å². The zero-order valence-corrected chi connectivity index (χ0v) is 14.0. The van der Waals surface area contributed by atoms with Crippen LogP contribution in [0.5, 0.6) is 0 Å². The predicted molar refractivity (Wildman–Crippen MR) is 95.8 cm³/mol. The first kappa shape index (κ1) is 15.4. The van der Waals surface area contributed by atoms with Gasteiger partial charge in [-0.25, -0.2) is 0 Å². The molecular formula is C20H18N4O. The van der Waals surface area contributed by atoms with Crippen LogP contribution < -0.4 is 0 Å². The number of allylic oxidation sites excluding steroid dienone is 2. The Labute approximate surface area is 146 Å². The zero-order valence-electron chi connectivity index (χ0n) is 14.0. The van der Waals surface area contributed by atoms with Gasteiger partial charge < -0.3 is 4.90 Å². The number of hydrogen-bond donors (Lipinski definition) is 0. The molecule has 5 nitrogen and oxygen atoms in total. The van der Waals surface area contributed by atoms with E-state index in [1.807, 2.05) is 66.8 Å². The van der Waals surface area contributed by atoms with Gasteiger partial charge in [-0.1, -0.05) is 18.2 Å². The lowest BCUT2D eigenvalue weighted by Gasteiger charge is -2.37. The largest absolute Gasteiger partial charge is 0.317 e. The first-order valence-corrected chi connectivity index (χ1v) is 8.25. The molecular weight excluding hydrogens is 312 g/mol. The molecule has 0 radical (unpaired) electrons. The highest BCUT2D eigenvalue weighted by molar-refractivity contribution is 6.14. The van der Waals surface area contributed by atoms with Crippen LogP contribution in [0.25, 0.3) is 0 Å². The van der Waals surface area contributed by atoms with Gasteiger partial charge in [0.25, 0.3) is 5.91 Å². The Kier molecular flexibility index (Phi) is 3.76. The Balaban J connectivity index is 1.78. The molecule has 1 amide bonds. The number of carbonyl (C=O) groups excluding carboxylic acids is 1. The lowest BCUT2D eigenvalue weighted by molar-refractivity contribution is -0.124. The summed E-state index contributed by atoms with van der Waals surface area (Å²) in [7, 11) is 0. The Bertz CT molecular complexity index is 843. The molecule has 0 aromatic carbocycles. The van der Waals surface area contributed by atoms with Gasteiger partial charge in [0.1, 0.15) is 11.4 Å². The molecule has 0 saturated heterocycles. The maximum absolute atomic E-state index is 13.1. The van der Waals surface area contributed by atoms with Crippen molar-refractivity contribution in [2.75, 3.05) is 0 Å². The highest BCUT2D eigenvalue weighted by Crippen LogP contribution is 2.35. The van der Waals surface area contributed by atoms with Crippen molar-refractivity contribution in [3.05, 3.63) is 84.1 Å². The van der Waals surface area contributed by atoms with Crippen molar-refractivity contribution in [2.45, 2.75) is 25.3 Å². The first-order valence-electron chi connectivity index (χ1n) is 8.25. The van der Waals surface area contributed by atoms with Crippen molar-refractivity contribution in [1.82, 2.24) is 14.9 Å². The van der Waals surface area contributed by atoms with Crippen molar-refractivity contribution >= 4 is 11.7 Å². The van der Waals surface area contributed by atoms with Gasteiger partial charge in [0.2, 0.25) is 0 Å². The van der Waals surface area contributed by atoms with Crippen molar-refractivity contribution in [2.24, 2.45) is 4.99 Å². The van der Waals surface area contributed by atoms with Gasteiger partial charge in [-0.05, 0) is 41.8 Å². The van der Waals surface area contributed by atoms with E-state index in [0.29, 0.717) is 12.8 Å². The van der Waals surface area contributed by atoms with Gasteiger partial charge in [0, 0.05) is 43.8 Å². The second-order valence-electron chi connectivity index (χ2n) is 6.41. The molecule has 4 heterocycles. The molecule has 2 aliphatic rings. The Morgan fingerprint density at radius 1 is 1.04 bits per heavy atom. The van der Waals surface area contributed by atoms with Crippen molar-refractivity contribution in [1.29, 1.82) is 0 Å². The number of fused-ring (bicyclic) bond motifs is 1. The minimum Gasteiger partial charge on any atom is -0.317 e. The number of rotatable bonds is 4. The summed E-state index contributed by atoms with van der Waals surface area (Å²) in [6.45, 7) is 1.98. The highest BCUT2D eigenvalue weighted by atomic mass is 16.2. The van der Waals surface area contributed by atoms with Gasteiger partial charge in [0.05, 0.1) is 0 Å². The van der Waals surface area contributed by atoms with Crippen LogP contribution in [0, 0.1) is 0 Å². The standard InChI is InChI=1S/C20H18N4O/c1-15-5-4-10-24-18(15)23-19(25)20(24,11-16-6-2-8-21-13-16)12-17-7-3-9-22-14-17/h2-10,13-14H,11-12H2,1H3. The number of hydrogen-bond acceptors (Lipinski definition) is 4. The Morgan fingerprint density at radius 3 is 2.24 bits per heavy atom. The molecule has 0 bridgehead atoms. The van der Waals surface area contributed by atoms with Crippen molar-refractivity contribution < 1.29 is 4.79 Å². The zero-order chi connectivity index (χ0) is 17.3. The minimum absolute atomic E-state index is 0.116. The predicted octanol–water partition coefficient (Wildman–Crippen LogP) is 2.71. The monoisotopic (exact) mass is 330 g/mol. The molecule has 0 N–H and O–H groups in total. The van der Waals surface area contributed by atoms with E-state index in [1.165, 1.54) is 0 Å². The third-order valence-corrected chi connectivity index (χ3v) is 4.67. The SMILES string of the molecule is CC1=CC=CN2C1=NC(=O)C2(Cc1cccnc1)Cc1cccnc1. The summed E-state index contributed by atoms with van der Waals surface area (Å²) in [4.78, 5) is 27.9. The van der Waals surface area contributed by atoms with Gasteiger partial charge in [0.15, 0.2) is 0 Å². The van der Waals surface area contributed by atoms with Gasteiger partial charge in [-0.3, -0.25) is 14.8 Å². The molecule has 0 spiro atoms. The van der Waals surface area contributed by atoms with E-state index in [4.69, 9.17) is 0 Å². The number of aromatic nitrogens is 2. The number of carbonyl (C=O) groups is 1. The summed E-state index contributed by atoms with van der Waals surface area (Å²) in [5.41, 5.74) is 2.23. The van der Waals surface area contributed by atoms with Crippen molar-refractivity contribution in [3.8, 4) is 0 Å². The van der Waals surface area contributed by atoms with E-state index in [1.54, 1.807) is 12.4 Å². The lowest BCUT2D eigenvalue weighted by atomic mass is 9.83. The van der Waals surface area contributed by atoms with Crippen molar-refractivity contribution in [3.63, 3.8) is 0 Å². The number of nitrogens with zero attached hydrogens (tertiary/aromatic N) is 4. The topological polar surface area (TPSA) is 58.5 Å². The average molecular weight is 330 g/mol. The fourth-order valence-electron chi connectivity index (χ4n) is 3.46. The Hall–Kier alpha value is -3.08. The quantitative estimate of drug-likeness (QED) is 0.865. The van der Waals surface area contributed by atoms with E-state index in [-0.39, 0.29) is 5.91 Å².